The van der Waals surface area contributed by atoms with Crippen molar-refractivity contribution in [3.8, 4) is 0 Å². The van der Waals surface area contributed by atoms with Gasteiger partial charge < -0.3 is 5.32 Å². The van der Waals surface area contributed by atoms with Gasteiger partial charge in [-0.2, -0.15) is 0 Å². The Morgan fingerprint density at radius 3 is 2.54 bits per heavy atom. The third kappa shape index (κ3) is 5.27. The van der Waals surface area contributed by atoms with Crippen LogP contribution in [0.25, 0.3) is 6.08 Å². The van der Waals surface area contributed by atoms with Crippen LogP contribution in [0.15, 0.2) is 53.4 Å². The van der Waals surface area contributed by atoms with Gasteiger partial charge in [-0.25, -0.2) is 4.39 Å². The van der Waals surface area contributed by atoms with Crippen LogP contribution < -0.4 is 5.32 Å². The summed E-state index contributed by atoms with van der Waals surface area (Å²) < 4.78 is 13.4. The number of nitrogens with zero attached hydrogens (tertiary/aromatic N) is 1. The van der Waals surface area contributed by atoms with Gasteiger partial charge in [0.1, 0.15) is 10.1 Å². The highest BCUT2D eigenvalue weighted by Gasteiger charge is 2.31. The molecule has 0 unspecified atom stereocenters. The number of anilines is 1. The van der Waals surface area contributed by atoms with Crippen LogP contribution in [-0.4, -0.2) is 27.6 Å². The number of rotatable bonds is 6. The molecule has 1 saturated heterocycles. The number of aryl methyl sites for hydroxylation is 1. The van der Waals surface area contributed by atoms with Gasteiger partial charge >= 0.3 is 0 Å². The minimum atomic E-state index is -0.356. The number of thioether (sulfide) groups is 1. The average molecular weight is 415 g/mol. The van der Waals surface area contributed by atoms with Crippen LogP contribution in [0.4, 0.5) is 10.1 Å². The Hall–Kier alpha value is -2.51. The molecule has 144 valence electrons. The van der Waals surface area contributed by atoms with Gasteiger partial charge in [0, 0.05) is 18.7 Å². The molecule has 2 aromatic carbocycles. The zero-order valence-electron chi connectivity index (χ0n) is 15.3. The lowest BCUT2D eigenvalue weighted by Gasteiger charge is -2.14. The number of amides is 2. The van der Waals surface area contributed by atoms with Crippen LogP contribution in [0.3, 0.4) is 0 Å². The molecule has 0 aromatic heterocycles. The summed E-state index contributed by atoms with van der Waals surface area (Å²) in [6.45, 7) is 2.39. The second-order valence-corrected chi connectivity index (χ2v) is 8.08. The smallest absolute Gasteiger partial charge is 0.266 e. The van der Waals surface area contributed by atoms with Crippen molar-refractivity contribution in [2.45, 2.75) is 19.8 Å². The molecule has 0 spiro atoms. The van der Waals surface area contributed by atoms with E-state index in [1.165, 1.54) is 40.9 Å². The Morgan fingerprint density at radius 2 is 1.86 bits per heavy atom. The van der Waals surface area contributed by atoms with Crippen molar-refractivity contribution in [3.63, 3.8) is 0 Å². The van der Waals surface area contributed by atoms with E-state index in [-0.39, 0.29) is 24.1 Å². The summed E-state index contributed by atoms with van der Waals surface area (Å²) in [5, 5.41) is 2.70. The summed E-state index contributed by atoms with van der Waals surface area (Å²) >= 11 is 6.60. The summed E-state index contributed by atoms with van der Waals surface area (Å²) in [7, 11) is 0. The highest BCUT2D eigenvalue weighted by Crippen LogP contribution is 2.32. The first kappa shape index (κ1) is 20.2. The van der Waals surface area contributed by atoms with Gasteiger partial charge in [0.25, 0.3) is 5.91 Å². The topological polar surface area (TPSA) is 49.4 Å². The number of benzene rings is 2. The number of nitrogens with one attached hydrogen (secondary N) is 1. The van der Waals surface area contributed by atoms with Crippen molar-refractivity contribution < 1.29 is 14.0 Å². The number of carbonyl (C=O) groups is 2. The third-order valence-electron chi connectivity index (χ3n) is 4.16. The summed E-state index contributed by atoms with van der Waals surface area (Å²) in [5.74, 6) is -0.673. The maximum Gasteiger partial charge on any atom is 0.266 e. The fourth-order valence-electron chi connectivity index (χ4n) is 2.66. The molecule has 2 aromatic rings. The first-order chi connectivity index (χ1) is 13.4. The molecule has 28 heavy (non-hydrogen) atoms. The molecule has 1 fully saturated rings. The molecular weight excluding hydrogens is 395 g/mol. The van der Waals surface area contributed by atoms with E-state index in [0.717, 1.165) is 11.1 Å². The van der Waals surface area contributed by atoms with Crippen molar-refractivity contribution in [2.75, 3.05) is 11.9 Å². The Labute approximate surface area is 172 Å². The normalized spacial score (nSPS) is 15.4. The van der Waals surface area contributed by atoms with Crippen LogP contribution in [0.5, 0.6) is 0 Å². The standard InChI is InChI=1S/C21H19FN2O2S2/c1-14-4-6-15(7-5-14)13-18-20(26)24(21(27)28-18)12-2-3-19(25)23-17-10-8-16(22)9-11-17/h4-11,13H,2-3,12H2,1H3,(H,23,25)/b18-13-. The summed E-state index contributed by atoms with van der Waals surface area (Å²) in [4.78, 5) is 26.7. The van der Waals surface area contributed by atoms with E-state index in [2.05, 4.69) is 5.32 Å². The van der Waals surface area contributed by atoms with Gasteiger partial charge in [0.05, 0.1) is 4.91 Å². The first-order valence-corrected chi connectivity index (χ1v) is 10.0. The summed E-state index contributed by atoms with van der Waals surface area (Å²) in [6.07, 6.45) is 2.56. The van der Waals surface area contributed by atoms with E-state index in [4.69, 9.17) is 12.2 Å². The molecular formula is C21H19FN2O2S2. The quantitative estimate of drug-likeness (QED) is 0.547. The monoisotopic (exact) mass is 414 g/mol. The van der Waals surface area contributed by atoms with E-state index in [9.17, 15) is 14.0 Å². The predicted molar refractivity (Wildman–Crippen MR) is 115 cm³/mol. The van der Waals surface area contributed by atoms with Crippen molar-refractivity contribution in [1.29, 1.82) is 0 Å². The van der Waals surface area contributed by atoms with Crippen LogP contribution in [0, 0.1) is 12.7 Å². The van der Waals surface area contributed by atoms with Crippen molar-refractivity contribution in [1.82, 2.24) is 4.90 Å². The van der Waals surface area contributed by atoms with Crippen LogP contribution >= 0.6 is 24.0 Å². The van der Waals surface area contributed by atoms with Gasteiger partial charge in [-0.05, 0) is 49.2 Å². The highest BCUT2D eigenvalue weighted by molar-refractivity contribution is 8.26. The van der Waals surface area contributed by atoms with E-state index in [1.807, 2.05) is 37.3 Å². The Kier molecular flexibility index (Phi) is 6.59. The van der Waals surface area contributed by atoms with Gasteiger partial charge in [-0.15, -0.1) is 0 Å². The Balaban J connectivity index is 1.52. The average Bonchev–Trinajstić information content (AvgIpc) is 2.93. The summed E-state index contributed by atoms with van der Waals surface area (Å²) in [5.41, 5.74) is 2.64. The molecule has 1 aliphatic rings. The molecule has 0 atom stereocenters. The zero-order chi connectivity index (χ0) is 20.1. The molecule has 2 amide bonds. The van der Waals surface area contributed by atoms with Crippen molar-refractivity contribution in [2.24, 2.45) is 0 Å². The maximum atomic E-state index is 12.9. The minimum absolute atomic E-state index is 0.130. The number of halogens is 1. The molecule has 1 aliphatic heterocycles. The fraction of sp³-hybridized carbons (Fsp3) is 0.190. The maximum absolute atomic E-state index is 12.9. The first-order valence-electron chi connectivity index (χ1n) is 8.80. The largest absolute Gasteiger partial charge is 0.326 e. The van der Waals surface area contributed by atoms with E-state index in [0.29, 0.717) is 27.9 Å². The number of thiocarbonyl (C=S) groups is 1. The Morgan fingerprint density at radius 1 is 1.18 bits per heavy atom. The molecule has 0 aliphatic carbocycles. The molecule has 1 N–H and O–H groups in total. The van der Waals surface area contributed by atoms with Gasteiger partial charge in [0.15, 0.2) is 0 Å². The van der Waals surface area contributed by atoms with Crippen LogP contribution in [-0.2, 0) is 9.59 Å². The zero-order valence-corrected chi connectivity index (χ0v) is 16.9. The fourth-order valence-corrected chi connectivity index (χ4v) is 3.97. The number of hydrogen-bond acceptors (Lipinski definition) is 4. The highest BCUT2D eigenvalue weighted by atomic mass is 32.2. The van der Waals surface area contributed by atoms with Gasteiger partial charge in [0.2, 0.25) is 5.91 Å². The molecule has 0 bridgehead atoms. The molecule has 4 nitrogen and oxygen atoms in total. The molecule has 3 rings (SSSR count). The van der Waals surface area contributed by atoms with E-state index < -0.39 is 0 Å². The third-order valence-corrected chi connectivity index (χ3v) is 5.54. The van der Waals surface area contributed by atoms with E-state index in [1.54, 1.807) is 0 Å². The Bertz CT molecular complexity index is 924. The summed E-state index contributed by atoms with van der Waals surface area (Å²) in [6, 6.07) is 13.5. The van der Waals surface area contributed by atoms with Crippen molar-refractivity contribution >= 4 is 51.9 Å². The minimum Gasteiger partial charge on any atom is -0.326 e. The second kappa shape index (κ2) is 9.12. The lowest BCUT2D eigenvalue weighted by atomic mass is 10.1. The van der Waals surface area contributed by atoms with Gasteiger partial charge in [-0.1, -0.05) is 53.8 Å². The molecule has 1 heterocycles. The van der Waals surface area contributed by atoms with Gasteiger partial charge in [-0.3, -0.25) is 14.5 Å². The number of carbonyl (C=O) groups excluding carboxylic acids is 2. The van der Waals surface area contributed by atoms with Crippen LogP contribution in [0.2, 0.25) is 0 Å². The SMILES string of the molecule is Cc1ccc(/C=C2\SC(=S)N(CCCC(=O)Nc3ccc(F)cc3)C2=O)cc1. The molecule has 7 heteroatoms. The lowest BCUT2D eigenvalue weighted by Crippen LogP contribution is -2.29. The van der Waals surface area contributed by atoms with Crippen molar-refractivity contribution in [3.05, 3.63) is 70.4 Å². The molecule has 0 saturated carbocycles. The van der Waals surface area contributed by atoms with Crippen LogP contribution in [0.1, 0.15) is 24.0 Å². The number of hydrogen-bond donors (Lipinski definition) is 1. The lowest BCUT2D eigenvalue weighted by molar-refractivity contribution is -0.122. The van der Waals surface area contributed by atoms with E-state index >= 15 is 0 Å². The second-order valence-electron chi connectivity index (χ2n) is 6.40. The molecule has 0 radical (unpaired) electrons. The predicted octanol–water partition coefficient (Wildman–Crippen LogP) is 4.75.